The van der Waals surface area contributed by atoms with Crippen LogP contribution in [0, 0.1) is 0 Å². The van der Waals surface area contributed by atoms with Crippen molar-refractivity contribution in [2.45, 2.75) is 4.34 Å². The number of hydrogen-bond donors (Lipinski definition) is 1. The van der Waals surface area contributed by atoms with E-state index in [4.69, 9.17) is 4.74 Å². The predicted molar refractivity (Wildman–Crippen MR) is 106 cm³/mol. The van der Waals surface area contributed by atoms with E-state index in [0.29, 0.717) is 18.9 Å². The lowest BCUT2D eigenvalue weighted by Gasteiger charge is -2.36. The Bertz CT molecular complexity index is 689. The third kappa shape index (κ3) is 5.33. The fraction of sp³-hybridized carbons (Fsp3) is 0.471. The third-order valence-electron chi connectivity index (χ3n) is 4.06. The second-order valence-corrected chi connectivity index (χ2v) is 7.98. The average molecular weight is 394 g/mol. The van der Waals surface area contributed by atoms with Crippen LogP contribution in [-0.2, 0) is 9.53 Å². The van der Waals surface area contributed by atoms with Gasteiger partial charge in [-0.15, -0.1) is 10.2 Å². The number of anilines is 2. The van der Waals surface area contributed by atoms with Crippen molar-refractivity contribution in [2.75, 3.05) is 62.4 Å². The fourth-order valence-electron chi connectivity index (χ4n) is 2.67. The van der Waals surface area contributed by atoms with Gasteiger partial charge in [0.25, 0.3) is 0 Å². The maximum atomic E-state index is 12.4. The molecule has 0 bridgehead atoms. The molecule has 0 radical (unpaired) electrons. The molecule has 1 aromatic heterocycles. The summed E-state index contributed by atoms with van der Waals surface area (Å²) in [5.74, 6) is 0.560. The lowest BCUT2D eigenvalue weighted by atomic mass is 10.2. The molecule has 2 heterocycles. The van der Waals surface area contributed by atoms with Gasteiger partial charge in [-0.1, -0.05) is 41.3 Å². The first-order valence-corrected chi connectivity index (χ1v) is 10.3. The Labute approximate surface area is 161 Å². The molecular weight excluding hydrogens is 370 g/mol. The van der Waals surface area contributed by atoms with E-state index < -0.39 is 0 Å². The minimum atomic E-state index is 0.159. The zero-order chi connectivity index (χ0) is 18.2. The average Bonchev–Trinajstić information content (AvgIpc) is 3.15. The molecule has 0 aliphatic carbocycles. The number of nitrogens with one attached hydrogen (secondary N) is 1. The zero-order valence-corrected chi connectivity index (χ0v) is 16.4. The number of benzene rings is 1. The van der Waals surface area contributed by atoms with Gasteiger partial charge in [0.15, 0.2) is 4.34 Å². The van der Waals surface area contributed by atoms with Crippen LogP contribution in [0.15, 0.2) is 34.7 Å². The van der Waals surface area contributed by atoms with E-state index in [-0.39, 0.29) is 5.91 Å². The fourth-order valence-corrected chi connectivity index (χ4v) is 4.35. The summed E-state index contributed by atoms with van der Waals surface area (Å²) in [6, 6.07) is 10.3. The Hall–Kier alpha value is -1.84. The number of piperazine rings is 1. The summed E-state index contributed by atoms with van der Waals surface area (Å²) in [6.07, 6.45) is 0. The Morgan fingerprint density at radius 3 is 2.73 bits per heavy atom. The van der Waals surface area contributed by atoms with Crippen LogP contribution < -0.4 is 10.2 Å². The summed E-state index contributed by atoms with van der Waals surface area (Å²) in [5.41, 5.74) is 1.22. The van der Waals surface area contributed by atoms with Crippen LogP contribution >= 0.6 is 23.1 Å². The van der Waals surface area contributed by atoms with Crippen LogP contribution in [0.1, 0.15) is 0 Å². The molecule has 0 spiro atoms. The van der Waals surface area contributed by atoms with Gasteiger partial charge in [-0.05, 0) is 12.1 Å². The second-order valence-electron chi connectivity index (χ2n) is 5.78. The number of ether oxygens (including phenoxy) is 1. The van der Waals surface area contributed by atoms with Gasteiger partial charge in [0.1, 0.15) is 0 Å². The summed E-state index contributed by atoms with van der Waals surface area (Å²) < 4.78 is 5.79. The first-order chi connectivity index (χ1) is 12.8. The molecule has 1 aliphatic heterocycles. The predicted octanol–water partition coefficient (Wildman–Crippen LogP) is 2.04. The SMILES string of the molecule is COCCNc1nnc(SCC(=O)N2CCN(c3ccccc3)CC2)s1. The van der Waals surface area contributed by atoms with Crippen LogP contribution in [-0.4, -0.2) is 73.2 Å². The molecule has 1 aliphatic rings. The van der Waals surface area contributed by atoms with Crippen molar-refractivity contribution >= 4 is 39.8 Å². The van der Waals surface area contributed by atoms with E-state index in [2.05, 4.69) is 32.5 Å². The van der Waals surface area contributed by atoms with Crippen LogP contribution in [0.5, 0.6) is 0 Å². The van der Waals surface area contributed by atoms with E-state index in [1.807, 2.05) is 23.1 Å². The van der Waals surface area contributed by atoms with Crippen LogP contribution in [0.25, 0.3) is 0 Å². The molecule has 2 aromatic rings. The van der Waals surface area contributed by atoms with E-state index in [1.54, 1.807) is 7.11 Å². The maximum absolute atomic E-state index is 12.4. The first kappa shape index (κ1) is 18.9. The molecule has 1 N–H and O–H groups in total. The van der Waals surface area contributed by atoms with Gasteiger partial charge < -0.3 is 19.9 Å². The van der Waals surface area contributed by atoms with Gasteiger partial charge in [-0.25, -0.2) is 0 Å². The van der Waals surface area contributed by atoms with Crippen molar-refractivity contribution in [2.24, 2.45) is 0 Å². The number of thioether (sulfide) groups is 1. The smallest absolute Gasteiger partial charge is 0.233 e. The van der Waals surface area contributed by atoms with Gasteiger partial charge in [0.2, 0.25) is 11.0 Å². The lowest BCUT2D eigenvalue weighted by molar-refractivity contribution is -0.128. The highest BCUT2D eigenvalue weighted by Crippen LogP contribution is 2.25. The zero-order valence-electron chi connectivity index (χ0n) is 14.8. The van der Waals surface area contributed by atoms with Gasteiger partial charge >= 0.3 is 0 Å². The molecule has 1 amide bonds. The number of methoxy groups -OCH3 is 1. The quantitative estimate of drug-likeness (QED) is 0.544. The summed E-state index contributed by atoms with van der Waals surface area (Å²) in [5, 5.41) is 12.1. The normalized spacial score (nSPS) is 14.5. The number of carbonyl (C=O) groups excluding carboxylic acids is 1. The summed E-state index contributed by atoms with van der Waals surface area (Å²) in [4.78, 5) is 16.7. The largest absolute Gasteiger partial charge is 0.383 e. The molecule has 1 saturated heterocycles. The lowest BCUT2D eigenvalue weighted by Crippen LogP contribution is -2.49. The third-order valence-corrected chi connectivity index (χ3v) is 6.06. The highest BCUT2D eigenvalue weighted by Gasteiger charge is 2.21. The molecule has 0 saturated carbocycles. The Kier molecular flexibility index (Phi) is 7.10. The highest BCUT2D eigenvalue weighted by molar-refractivity contribution is 8.01. The summed E-state index contributed by atoms with van der Waals surface area (Å²) in [6.45, 7) is 4.57. The van der Waals surface area contributed by atoms with E-state index in [1.165, 1.54) is 28.8 Å². The molecule has 9 heteroatoms. The highest BCUT2D eigenvalue weighted by atomic mass is 32.2. The number of nitrogens with zero attached hydrogens (tertiary/aromatic N) is 4. The monoisotopic (exact) mass is 393 g/mol. The number of para-hydroxylation sites is 1. The summed E-state index contributed by atoms with van der Waals surface area (Å²) in [7, 11) is 1.66. The van der Waals surface area contributed by atoms with Crippen LogP contribution in [0.2, 0.25) is 0 Å². The Balaban J connectivity index is 1.40. The van der Waals surface area contributed by atoms with Gasteiger partial charge in [-0.3, -0.25) is 4.79 Å². The molecule has 0 unspecified atom stereocenters. The molecule has 1 fully saturated rings. The molecule has 140 valence electrons. The number of aromatic nitrogens is 2. The minimum Gasteiger partial charge on any atom is -0.383 e. The Morgan fingerprint density at radius 2 is 2.00 bits per heavy atom. The van der Waals surface area contributed by atoms with Gasteiger partial charge in [0.05, 0.1) is 12.4 Å². The number of amides is 1. The first-order valence-electron chi connectivity index (χ1n) is 8.53. The molecule has 26 heavy (non-hydrogen) atoms. The molecule has 1 aromatic carbocycles. The topological polar surface area (TPSA) is 70.6 Å². The second kappa shape index (κ2) is 9.75. The molecule has 7 nitrogen and oxygen atoms in total. The van der Waals surface area contributed by atoms with Crippen molar-refractivity contribution < 1.29 is 9.53 Å². The van der Waals surface area contributed by atoms with Crippen LogP contribution in [0.3, 0.4) is 0 Å². The molecule has 3 rings (SSSR count). The van der Waals surface area contributed by atoms with Crippen molar-refractivity contribution in [3.05, 3.63) is 30.3 Å². The molecule has 0 atom stereocenters. The minimum absolute atomic E-state index is 0.159. The maximum Gasteiger partial charge on any atom is 0.233 e. The van der Waals surface area contributed by atoms with Crippen molar-refractivity contribution in [1.29, 1.82) is 0 Å². The standard InChI is InChI=1S/C17H23N5O2S2/c1-24-12-7-18-16-19-20-17(26-16)25-13-15(23)22-10-8-21(9-11-22)14-5-3-2-4-6-14/h2-6H,7-13H2,1H3,(H,18,19). The molecular formula is C17H23N5O2S2. The van der Waals surface area contributed by atoms with E-state index in [9.17, 15) is 4.79 Å². The van der Waals surface area contributed by atoms with E-state index in [0.717, 1.165) is 35.7 Å². The summed E-state index contributed by atoms with van der Waals surface area (Å²) >= 11 is 2.91. The van der Waals surface area contributed by atoms with Crippen molar-refractivity contribution in [3.8, 4) is 0 Å². The number of hydrogen-bond acceptors (Lipinski definition) is 8. The van der Waals surface area contributed by atoms with Crippen LogP contribution in [0.4, 0.5) is 10.8 Å². The van der Waals surface area contributed by atoms with Gasteiger partial charge in [-0.2, -0.15) is 0 Å². The van der Waals surface area contributed by atoms with Gasteiger partial charge in [0, 0.05) is 45.5 Å². The van der Waals surface area contributed by atoms with Crippen molar-refractivity contribution in [1.82, 2.24) is 15.1 Å². The van der Waals surface area contributed by atoms with E-state index >= 15 is 0 Å². The number of carbonyl (C=O) groups is 1. The Morgan fingerprint density at radius 1 is 1.23 bits per heavy atom. The van der Waals surface area contributed by atoms with Crippen molar-refractivity contribution in [3.63, 3.8) is 0 Å². The number of rotatable bonds is 8.